The van der Waals surface area contributed by atoms with Gasteiger partial charge in [-0.05, 0) is 47.3 Å². The first-order valence-corrected chi connectivity index (χ1v) is 13.5. The summed E-state index contributed by atoms with van der Waals surface area (Å²) in [4.78, 5) is 36.0. The minimum atomic E-state index is -2.09. The fourth-order valence-electron chi connectivity index (χ4n) is 6.27. The Bertz CT molecular complexity index is 1670. The molecule has 1 aliphatic heterocycles. The maximum Gasteiger partial charge on any atom is 0.424 e. The van der Waals surface area contributed by atoms with Gasteiger partial charge in [0.25, 0.3) is 0 Å². The van der Waals surface area contributed by atoms with E-state index in [1.807, 2.05) is 24.3 Å². The highest BCUT2D eigenvalue weighted by molar-refractivity contribution is 6.30. The first-order valence-electron chi connectivity index (χ1n) is 13.1. The molecule has 41 heavy (non-hydrogen) atoms. The molecule has 2 unspecified atom stereocenters. The van der Waals surface area contributed by atoms with Crippen molar-refractivity contribution in [3.8, 4) is 16.8 Å². The molecule has 0 bridgehead atoms. The Morgan fingerprint density at radius 1 is 1.17 bits per heavy atom. The number of halogens is 1. The summed E-state index contributed by atoms with van der Waals surface area (Å²) in [7, 11) is 0. The Morgan fingerprint density at radius 3 is 2.49 bits per heavy atom. The number of aliphatic hydroxyl groups is 1. The van der Waals surface area contributed by atoms with Gasteiger partial charge < -0.3 is 10.4 Å². The SMILES string of the molecule is CC1C[C@H](N=[N+]=[N-])C[N+]1(C(=O)NCc1cc(Cl)ccc1-n1cncn1)C(=O)C1(O)c2ccccc2-c2ccccc21. The average Bonchev–Trinajstić information content (AvgIpc) is 3.69. The fourth-order valence-corrected chi connectivity index (χ4v) is 6.47. The first kappa shape index (κ1) is 26.7. The molecule has 3 amide bonds. The van der Waals surface area contributed by atoms with Crippen molar-refractivity contribution in [3.63, 3.8) is 0 Å². The van der Waals surface area contributed by atoms with Crippen LogP contribution >= 0.6 is 11.6 Å². The Morgan fingerprint density at radius 2 is 1.85 bits per heavy atom. The highest BCUT2D eigenvalue weighted by Crippen LogP contribution is 2.50. The first-order chi connectivity index (χ1) is 19.8. The number of carbonyl (C=O) groups excluding carboxylic acids is 2. The predicted molar refractivity (Wildman–Crippen MR) is 151 cm³/mol. The van der Waals surface area contributed by atoms with E-state index in [-0.39, 0.29) is 13.1 Å². The molecule has 3 atom stereocenters. The van der Waals surface area contributed by atoms with Gasteiger partial charge in [-0.15, -0.1) is 0 Å². The molecule has 0 radical (unpaired) electrons. The number of carbonyl (C=O) groups is 2. The van der Waals surface area contributed by atoms with Crippen LogP contribution < -0.4 is 5.32 Å². The third-order valence-corrected chi connectivity index (χ3v) is 8.41. The van der Waals surface area contributed by atoms with E-state index in [2.05, 4.69) is 25.4 Å². The molecule has 4 aromatic rings. The molecular formula is C29H26ClN8O3+. The second-order valence-corrected chi connectivity index (χ2v) is 10.8. The molecule has 1 aromatic heterocycles. The molecular weight excluding hydrogens is 544 g/mol. The predicted octanol–water partition coefficient (Wildman–Crippen LogP) is 4.86. The van der Waals surface area contributed by atoms with Crippen LogP contribution in [0.25, 0.3) is 27.3 Å². The number of rotatable bonds is 5. The van der Waals surface area contributed by atoms with E-state index in [1.165, 1.54) is 12.7 Å². The number of nitrogens with one attached hydrogen (secondary N) is 1. The zero-order valence-electron chi connectivity index (χ0n) is 22.1. The quantitative estimate of drug-likeness (QED) is 0.152. The van der Waals surface area contributed by atoms with Gasteiger partial charge in [0, 0.05) is 27.5 Å². The van der Waals surface area contributed by atoms with Crippen LogP contribution in [0.1, 0.15) is 30.0 Å². The lowest BCUT2D eigenvalue weighted by atomic mass is 9.88. The van der Waals surface area contributed by atoms with Crippen LogP contribution in [0.2, 0.25) is 5.02 Å². The molecule has 6 rings (SSSR count). The highest BCUT2D eigenvalue weighted by Gasteiger charge is 2.65. The maximum atomic E-state index is 14.8. The van der Waals surface area contributed by atoms with Crippen molar-refractivity contribution >= 4 is 23.5 Å². The molecule has 0 spiro atoms. The number of nitrogens with zero attached hydrogens (tertiary/aromatic N) is 7. The van der Waals surface area contributed by atoms with Crippen LogP contribution in [0.4, 0.5) is 4.79 Å². The normalized spacial score (nSPS) is 21.9. The van der Waals surface area contributed by atoms with Crippen molar-refractivity contribution in [2.75, 3.05) is 6.54 Å². The highest BCUT2D eigenvalue weighted by atomic mass is 35.5. The minimum absolute atomic E-state index is 0.0202. The Hall–Kier alpha value is -4.54. The van der Waals surface area contributed by atoms with E-state index in [9.17, 15) is 20.2 Å². The van der Waals surface area contributed by atoms with Gasteiger partial charge in [-0.2, -0.15) is 9.58 Å². The summed E-state index contributed by atoms with van der Waals surface area (Å²) in [5.74, 6) is -0.696. The Kier molecular flexibility index (Phi) is 6.59. The third-order valence-electron chi connectivity index (χ3n) is 8.17. The third kappa shape index (κ3) is 4.10. The zero-order valence-corrected chi connectivity index (χ0v) is 22.8. The van der Waals surface area contributed by atoms with E-state index in [1.54, 1.807) is 54.1 Å². The molecule has 1 aliphatic carbocycles. The van der Waals surface area contributed by atoms with Crippen molar-refractivity contribution in [2.45, 2.75) is 37.6 Å². The number of quaternary nitrogens is 1. The monoisotopic (exact) mass is 569 g/mol. The van der Waals surface area contributed by atoms with Crippen molar-refractivity contribution in [3.05, 3.63) is 112 Å². The molecule has 1 fully saturated rings. The van der Waals surface area contributed by atoms with E-state index in [0.717, 1.165) is 11.1 Å². The van der Waals surface area contributed by atoms with Crippen LogP contribution in [-0.4, -0.2) is 54.9 Å². The summed E-state index contributed by atoms with van der Waals surface area (Å²) in [6.45, 7) is 1.70. The topological polar surface area (TPSA) is 146 Å². The summed E-state index contributed by atoms with van der Waals surface area (Å²) in [6, 6.07) is 17.7. The van der Waals surface area contributed by atoms with Gasteiger partial charge in [0.15, 0.2) is 0 Å². The second kappa shape index (κ2) is 10.1. The molecule has 2 N–H and O–H groups in total. The number of fused-ring (bicyclic) bond motifs is 3. The number of azide groups is 1. The van der Waals surface area contributed by atoms with Crippen LogP contribution in [-0.2, 0) is 16.9 Å². The number of amides is 3. The molecule has 11 nitrogen and oxygen atoms in total. The Labute approximate surface area is 240 Å². The van der Waals surface area contributed by atoms with Gasteiger partial charge in [-0.25, -0.2) is 19.3 Å². The van der Waals surface area contributed by atoms with E-state index < -0.39 is 34.1 Å². The average molecular weight is 570 g/mol. The van der Waals surface area contributed by atoms with Gasteiger partial charge in [-0.3, -0.25) is 0 Å². The lowest BCUT2D eigenvalue weighted by molar-refractivity contribution is -0.789. The number of hydrogen-bond acceptors (Lipinski definition) is 6. The standard InChI is InChI=1S/C29H25ClN8O3/c1-18-12-21(35-36-31)15-38(18,28(40)33-14-19-13-20(30)10-11-26(19)37-17-32-16-34-37)27(39)29(41)24-8-4-2-6-22(24)23-7-3-5-9-25(23)29/h2-11,13,16-18,21,41H,12,14-15H2,1H3/p+1/t18?,21-,38?/m0/s1. The van der Waals surface area contributed by atoms with Crippen LogP contribution in [0.3, 0.4) is 0 Å². The van der Waals surface area contributed by atoms with Gasteiger partial charge in [0.2, 0.25) is 5.60 Å². The van der Waals surface area contributed by atoms with Gasteiger partial charge in [0.05, 0.1) is 18.3 Å². The number of aromatic nitrogens is 3. The van der Waals surface area contributed by atoms with E-state index in [4.69, 9.17) is 11.6 Å². The molecule has 2 heterocycles. The number of imide groups is 1. The summed E-state index contributed by atoms with van der Waals surface area (Å²) in [5, 5.41) is 23.8. The second-order valence-electron chi connectivity index (χ2n) is 10.4. The van der Waals surface area contributed by atoms with E-state index in [0.29, 0.717) is 33.8 Å². The van der Waals surface area contributed by atoms with Crippen LogP contribution in [0.5, 0.6) is 0 Å². The number of likely N-dealkylation sites (tertiary alicyclic amines) is 1. The summed E-state index contributed by atoms with van der Waals surface area (Å²) in [5.41, 5.74) is 10.7. The zero-order chi connectivity index (χ0) is 28.8. The van der Waals surface area contributed by atoms with E-state index >= 15 is 0 Å². The summed E-state index contributed by atoms with van der Waals surface area (Å²) in [6.07, 6.45) is 3.23. The van der Waals surface area contributed by atoms with Crippen molar-refractivity contribution in [1.82, 2.24) is 20.1 Å². The summed E-state index contributed by atoms with van der Waals surface area (Å²) < 4.78 is 0.806. The number of urea groups is 1. The molecule has 12 heteroatoms. The molecule has 2 aliphatic rings. The lowest BCUT2D eigenvalue weighted by Crippen LogP contribution is -2.67. The van der Waals surface area contributed by atoms with Crippen molar-refractivity contribution < 1.29 is 19.2 Å². The lowest BCUT2D eigenvalue weighted by Gasteiger charge is -2.38. The maximum absolute atomic E-state index is 14.8. The van der Waals surface area contributed by atoms with Gasteiger partial charge >= 0.3 is 11.9 Å². The van der Waals surface area contributed by atoms with Gasteiger partial charge in [0.1, 0.15) is 25.2 Å². The number of benzene rings is 3. The minimum Gasteiger partial charge on any atom is -0.369 e. The van der Waals surface area contributed by atoms with Crippen molar-refractivity contribution in [1.29, 1.82) is 0 Å². The molecule has 3 aromatic carbocycles. The molecule has 206 valence electrons. The smallest absolute Gasteiger partial charge is 0.369 e. The number of hydrogen-bond donors (Lipinski definition) is 2. The van der Waals surface area contributed by atoms with Crippen LogP contribution in [0.15, 0.2) is 84.5 Å². The largest absolute Gasteiger partial charge is 0.424 e. The Balaban J connectivity index is 1.42. The van der Waals surface area contributed by atoms with Crippen LogP contribution in [0, 0.1) is 0 Å². The van der Waals surface area contributed by atoms with Gasteiger partial charge in [-0.1, -0.05) is 65.2 Å². The van der Waals surface area contributed by atoms with Crippen molar-refractivity contribution in [2.24, 2.45) is 5.11 Å². The fraction of sp³-hybridized carbons (Fsp3) is 0.241. The molecule has 1 saturated heterocycles. The summed E-state index contributed by atoms with van der Waals surface area (Å²) >= 11 is 6.28. The molecule has 0 saturated carbocycles.